The summed E-state index contributed by atoms with van der Waals surface area (Å²) < 4.78 is 5.20. The maximum Gasteiger partial charge on any atom is 0.121 e. The molecule has 106 valence electrons. The highest BCUT2D eigenvalue weighted by molar-refractivity contribution is 6.33. The van der Waals surface area contributed by atoms with E-state index in [-0.39, 0.29) is 0 Å². The van der Waals surface area contributed by atoms with Crippen LogP contribution in [0.1, 0.15) is 13.3 Å². The smallest absolute Gasteiger partial charge is 0.121 e. The van der Waals surface area contributed by atoms with Gasteiger partial charge in [-0.05, 0) is 24.6 Å². The van der Waals surface area contributed by atoms with Gasteiger partial charge in [-0.25, -0.2) is 0 Å². The van der Waals surface area contributed by atoms with Gasteiger partial charge in [-0.3, -0.25) is 4.98 Å². The van der Waals surface area contributed by atoms with E-state index in [0.29, 0.717) is 5.02 Å². The van der Waals surface area contributed by atoms with Crippen LogP contribution in [0.3, 0.4) is 0 Å². The first-order valence-electron chi connectivity index (χ1n) is 6.52. The zero-order valence-corrected chi connectivity index (χ0v) is 12.4. The van der Waals surface area contributed by atoms with Crippen LogP contribution < -0.4 is 15.4 Å². The van der Waals surface area contributed by atoms with Crippen molar-refractivity contribution in [2.45, 2.75) is 13.3 Å². The average Bonchev–Trinajstić information content (AvgIpc) is 2.48. The van der Waals surface area contributed by atoms with Crippen molar-refractivity contribution < 1.29 is 4.74 Å². The highest BCUT2D eigenvalue weighted by Crippen LogP contribution is 2.29. The first kappa shape index (κ1) is 14.5. The number of halogens is 1. The summed E-state index contributed by atoms with van der Waals surface area (Å²) in [5.41, 5.74) is 2.65. The second kappa shape index (κ2) is 7.01. The van der Waals surface area contributed by atoms with Gasteiger partial charge in [0, 0.05) is 12.6 Å². The third kappa shape index (κ3) is 3.78. The van der Waals surface area contributed by atoms with Gasteiger partial charge in [0.25, 0.3) is 0 Å². The van der Waals surface area contributed by atoms with Crippen LogP contribution in [0, 0.1) is 0 Å². The summed E-state index contributed by atoms with van der Waals surface area (Å²) in [5.74, 6) is 0.755. The highest BCUT2D eigenvalue weighted by Gasteiger charge is 2.04. The minimum absolute atomic E-state index is 0.637. The summed E-state index contributed by atoms with van der Waals surface area (Å²) in [6, 6.07) is 7.48. The molecule has 2 aromatic rings. The standard InChI is InChI=1S/C15H18ClN3O/c1-3-6-18-11-7-12(10-17-9-11)19-15-8-13(20-2)4-5-14(15)16/h4-5,7-10,18-19H,3,6H2,1-2H3. The number of pyridine rings is 1. The number of aromatic nitrogens is 1. The summed E-state index contributed by atoms with van der Waals surface area (Å²) >= 11 is 6.17. The van der Waals surface area contributed by atoms with E-state index in [9.17, 15) is 0 Å². The van der Waals surface area contributed by atoms with E-state index in [1.807, 2.05) is 18.2 Å². The van der Waals surface area contributed by atoms with Gasteiger partial charge in [0.15, 0.2) is 0 Å². The van der Waals surface area contributed by atoms with Crippen LogP contribution in [-0.2, 0) is 0 Å². The zero-order valence-electron chi connectivity index (χ0n) is 11.6. The number of rotatable bonds is 6. The summed E-state index contributed by atoms with van der Waals surface area (Å²) in [6.07, 6.45) is 4.63. The molecule has 0 fully saturated rings. The van der Waals surface area contributed by atoms with E-state index in [1.54, 1.807) is 25.6 Å². The summed E-state index contributed by atoms with van der Waals surface area (Å²) in [6.45, 7) is 3.05. The van der Waals surface area contributed by atoms with Crippen LogP contribution in [0.4, 0.5) is 17.1 Å². The molecule has 1 aromatic carbocycles. The maximum atomic E-state index is 6.17. The predicted octanol–water partition coefficient (Wildman–Crippen LogP) is 4.31. The van der Waals surface area contributed by atoms with Crippen LogP contribution in [0.5, 0.6) is 5.75 Å². The number of methoxy groups -OCH3 is 1. The number of hydrogen-bond acceptors (Lipinski definition) is 4. The van der Waals surface area contributed by atoms with Gasteiger partial charge in [-0.15, -0.1) is 0 Å². The molecule has 0 aliphatic rings. The Balaban J connectivity index is 2.17. The van der Waals surface area contributed by atoms with Crippen LogP contribution in [0.2, 0.25) is 5.02 Å². The molecule has 0 aliphatic carbocycles. The van der Waals surface area contributed by atoms with Crippen LogP contribution in [-0.4, -0.2) is 18.6 Å². The van der Waals surface area contributed by atoms with Crippen molar-refractivity contribution in [1.29, 1.82) is 0 Å². The molecular weight excluding hydrogens is 274 g/mol. The van der Waals surface area contributed by atoms with Gasteiger partial charge >= 0.3 is 0 Å². The van der Waals surface area contributed by atoms with Crippen molar-refractivity contribution in [2.24, 2.45) is 0 Å². The van der Waals surface area contributed by atoms with E-state index in [2.05, 4.69) is 22.5 Å². The molecule has 0 radical (unpaired) electrons. The zero-order chi connectivity index (χ0) is 14.4. The van der Waals surface area contributed by atoms with Crippen molar-refractivity contribution in [1.82, 2.24) is 4.98 Å². The van der Waals surface area contributed by atoms with E-state index >= 15 is 0 Å². The van der Waals surface area contributed by atoms with E-state index in [4.69, 9.17) is 16.3 Å². The number of hydrogen-bond donors (Lipinski definition) is 2. The van der Waals surface area contributed by atoms with E-state index in [0.717, 1.165) is 35.8 Å². The fraction of sp³-hybridized carbons (Fsp3) is 0.267. The van der Waals surface area contributed by atoms with Crippen molar-refractivity contribution >= 4 is 28.7 Å². The molecule has 4 nitrogen and oxygen atoms in total. The minimum Gasteiger partial charge on any atom is -0.497 e. The third-order valence-electron chi connectivity index (χ3n) is 2.77. The fourth-order valence-electron chi connectivity index (χ4n) is 1.76. The Labute approximate surface area is 124 Å². The highest BCUT2D eigenvalue weighted by atomic mass is 35.5. The summed E-state index contributed by atoms with van der Waals surface area (Å²) in [7, 11) is 1.63. The van der Waals surface area contributed by atoms with Gasteiger partial charge in [-0.2, -0.15) is 0 Å². The molecule has 0 saturated heterocycles. The number of nitrogens with one attached hydrogen (secondary N) is 2. The Morgan fingerprint density at radius 3 is 2.75 bits per heavy atom. The largest absolute Gasteiger partial charge is 0.497 e. The van der Waals surface area contributed by atoms with Crippen LogP contribution >= 0.6 is 11.6 Å². The molecule has 1 heterocycles. The van der Waals surface area contributed by atoms with Gasteiger partial charge < -0.3 is 15.4 Å². The topological polar surface area (TPSA) is 46.2 Å². The molecule has 0 unspecified atom stereocenters. The van der Waals surface area contributed by atoms with Crippen molar-refractivity contribution in [3.05, 3.63) is 41.7 Å². The molecule has 2 N–H and O–H groups in total. The van der Waals surface area contributed by atoms with E-state index < -0.39 is 0 Å². The quantitative estimate of drug-likeness (QED) is 0.832. The molecule has 0 spiro atoms. The average molecular weight is 292 g/mol. The Kier molecular flexibility index (Phi) is 5.07. The second-order valence-electron chi connectivity index (χ2n) is 4.36. The summed E-state index contributed by atoms with van der Waals surface area (Å²) in [5, 5.41) is 7.18. The molecule has 20 heavy (non-hydrogen) atoms. The number of ether oxygens (including phenoxy) is 1. The van der Waals surface area contributed by atoms with Crippen molar-refractivity contribution in [3.63, 3.8) is 0 Å². The van der Waals surface area contributed by atoms with Crippen LogP contribution in [0.15, 0.2) is 36.7 Å². The minimum atomic E-state index is 0.637. The van der Waals surface area contributed by atoms with Gasteiger partial charge in [0.1, 0.15) is 5.75 Å². The Hall–Kier alpha value is -1.94. The number of benzene rings is 1. The normalized spacial score (nSPS) is 10.2. The predicted molar refractivity (Wildman–Crippen MR) is 84.3 cm³/mol. The van der Waals surface area contributed by atoms with Crippen molar-refractivity contribution in [2.75, 3.05) is 24.3 Å². The Morgan fingerprint density at radius 1 is 1.20 bits per heavy atom. The lowest BCUT2D eigenvalue weighted by Crippen LogP contribution is -2.01. The lowest BCUT2D eigenvalue weighted by atomic mass is 10.2. The fourth-order valence-corrected chi connectivity index (χ4v) is 1.92. The lowest BCUT2D eigenvalue weighted by Gasteiger charge is -2.11. The van der Waals surface area contributed by atoms with Gasteiger partial charge in [0.2, 0.25) is 0 Å². The van der Waals surface area contributed by atoms with E-state index in [1.165, 1.54) is 0 Å². The maximum absolute atomic E-state index is 6.17. The molecule has 0 saturated carbocycles. The molecule has 0 aliphatic heterocycles. The molecule has 0 atom stereocenters. The first-order chi connectivity index (χ1) is 9.72. The van der Waals surface area contributed by atoms with Gasteiger partial charge in [-0.1, -0.05) is 18.5 Å². The van der Waals surface area contributed by atoms with Crippen LogP contribution in [0.25, 0.3) is 0 Å². The molecule has 0 amide bonds. The molecule has 0 bridgehead atoms. The first-order valence-corrected chi connectivity index (χ1v) is 6.90. The second-order valence-corrected chi connectivity index (χ2v) is 4.77. The number of anilines is 3. The monoisotopic (exact) mass is 291 g/mol. The molecule has 2 rings (SSSR count). The Bertz CT molecular complexity index is 575. The van der Waals surface area contributed by atoms with Gasteiger partial charge in [0.05, 0.1) is 41.6 Å². The Morgan fingerprint density at radius 2 is 2.00 bits per heavy atom. The lowest BCUT2D eigenvalue weighted by molar-refractivity contribution is 0.415. The summed E-state index contributed by atoms with van der Waals surface area (Å²) in [4.78, 5) is 4.21. The third-order valence-corrected chi connectivity index (χ3v) is 3.10. The molecule has 5 heteroatoms. The number of nitrogens with zero attached hydrogens (tertiary/aromatic N) is 1. The molecule has 1 aromatic heterocycles. The van der Waals surface area contributed by atoms with Crippen molar-refractivity contribution in [3.8, 4) is 5.75 Å². The SMILES string of the molecule is CCCNc1cncc(Nc2cc(OC)ccc2Cl)c1. The molecular formula is C15H18ClN3O.